The number of nitrogens with one attached hydrogen (secondary N) is 1. The van der Waals surface area contributed by atoms with E-state index >= 15 is 0 Å². The van der Waals surface area contributed by atoms with Crippen molar-refractivity contribution in [2.24, 2.45) is 0 Å². The number of hydrogen-bond acceptors (Lipinski definition) is 4. The van der Waals surface area contributed by atoms with Gasteiger partial charge in [0, 0.05) is 13.1 Å². The molecule has 0 saturated carbocycles. The fraction of sp³-hybridized carbons (Fsp3) is 0.440. The van der Waals surface area contributed by atoms with Crippen molar-refractivity contribution in [1.82, 2.24) is 10.2 Å². The minimum atomic E-state index is -3.73. The molecular formula is C25H35N3O4S. The largest absolute Gasteiger partial charge is 0.354 e. The highest BCUT2D eigenvalue weighted by atomic mass is 32.2. The molecule has 180 valence electrons. The van der Waals surface area contributed by atoms with Crippen LogP contribution in [0.2, 0.25) is 0 Å². The molecule has 0 spiro atoms. The first-order chi connectivity index (χ1) is 15.5. The average molecular weight is 474 g/mol. The Morgan fingerprint density at radius 2 is 1.73 bits per heavy atom. The Balaban J connectivity index is 2.35. The second-order valence-corrected chi connectivity index (χ2v) is 10.3. The highest BCUT2D eigenvalue weighted by Crippen LogP contribution is 2.24. The van der Waals surface area contributed by atoms with E-state index in [0.717, 1.165) is 40.1 Å². The van der Waals surface area contributed by atoms with E-state index in [1.54, 1.807) is 13.0 Å². The van der Waals surface area contributed by atoms with Crippen LogP contribution in [0.15, 0.2) is 48.5 Å². The van der Waals surface area contributed by atoms with E-state index in [9.17, 15) is 18.0 Å². The summed E-state index contributed by atoms with van der Waals surface area (Å²) in [4.78, 5) is 27.7. The molecule has 0 heterocycles. The van der Waals surface area contributed by atoms with Gasteiger partial charge in [-0.15, -0.1) is 0 Å². The number of sulfonamides is 1. The van der Waals surface area contributed by atoms with Crippen LogP contribution in [0, 0.1) is 13.8 Å². The van der Waals surface area contributed by atoms with Gasteiger partial charge in [-0.2, -0.15) is 0 Å². The third-order valence-corrected chi connectivity index (χ3v) is 6.62. The molecule has 0 fully saturated rings. The number of aryl methyl sites for hydroxylation is 2. The minimum Gasteiger partial charge on any atom is -0.354 e. The number of unbranched alkanes of at least 4 members (excludes halogenated alkanes) is 1. The number of amides is 2. The monoisotopic (exact) mass is 473 g/mol. The zero-order valence-electron chi connectivity index (χ0n) is 20.2. The quantitative estimate of drug-likeness (QED) is 0.507. The summed E-state index contributed by atoms with van der Waals surface area (Å²) in [6.07, 6.45) is 2.88. The van der Waals surface area contributed by atoms with E-state index in [-0.39, 0.29) is 19.0 Å². The molecule has 0 aliphatic heterocycles. The Morgan fingerprint density at radius 1 is 1.06 bits per heavy atom. The van der Waals surface area contributed by atoms with E-state index in [4.69, 9.17) is 0 Å². The predicted octanol–water partition coefficient (Wildman–Crippen LogP) is 3.40. The number of benzene rings is 2. The summed E-state index contributed by atoms with van der Waals surface area (Å²) in [5.41, 5.74) is 3.07. The van der Waals surface area contributed by atoms with E-state index in [2.05, 4.69) is 5.32 Å². The van der Waals surface area contributed by atoms with Gasteiger partial charge < -0.3 is 10.2 Å². The van der Waals surface area contributed by atoms with Gasteiger partial charge in [0.15, 0.2) is 0 Å². The first-order valence-electron chi connectivity index (χ1n) is 11.2. The minimum absolute atomic E-state index is 0.201. The highest BCUT2D eigenvalue weighted by molar-refractivity contribution is 7.92. The van der Waals surface area contributed by atoms with Gasteiger partial charge in [-0.1, -0.05) is 61.4 Å². The fourth-order valence-corrected chi connectivity index (χ4v) is 4.49. The Bertz CT molecular complexity index is 1050. The van der Waals surface area contributed by atoms with Gasteiger partial charge in [0.05, 0.1) is 11.9 Å². The van der Waals surface area contributed by atoms with Crippen molar-refractivity contribution in [3.63, 3.8) is 0 Å². The SMILES string of the molecule is CCCCNC(=O)C(C)N(Cc1ccccc1)C(=O)CN(c1ccc(C)cc1C)S(C)(=O)=O. The van der Waals surface area contributed by atoms with Gasteiger partial charge >= 0.3 is 0 Å². The van der Waals surface area contributed by atoms with Crippen molar-refractivity contribution in [3.05, 3.63) is 65.2 Å². The van der Waals surface area contributed by atoms with Gasteiger partial charge in [0.2, 0.25) is 21.8 Å². The molecule has 2 aromatic carbocycles. The van der Waals surface area contributed by atoms with Crippen LogP contribution in [0.3, 0.4) is 0 Å². The summed E-state index contributed by atoms with van der Waals surface area (Å²) >= 11 is 0. The van der Waals surface area contributed by atoms with Crippen molar-refractivity contribution in [1.29, 1.82) is 0 Å². The molecule has 1 atom stereocenters. The molecule has 2 aromatic rings. The summed E-state index contributed by atoms with van der Waals surface area (Å²) in [6.45, 7) is 7.79. The number of rotatable bonds is 11. The van der Waals surface area contributed by atoms with Crippen LogP contribution < -0.4 is 9.62 Å². The lowest BCUT2D eigenvalue weighted by Gasteiger charge is -2.32. The Morgan fingerprint density at radius 3 is 2.30 bits per heavy atom. The number of anilines is 1. The van der Waals surface area contributed by atoms with Crippen molar-refractivity contribution >= 4 is 27.5 Å². The van der Waals surface area contributed by atoms with Crippen LogP contribution in [-0.4, -0.2) is 50.5 Å². The summed E-state index contributed by atoms with van der Waals surface area (Å²) in [7, 11) is -3.73. The van der Waals surface area contributed by atoms with Gasteiger partial charge in [0.25, 0.3) is 0 Å². The lowest BCUT2D eigenvalue weighted by Crippen LogP contribution is -2.51. The lowest BCUT2D eigenvalue weighted by molar-refractivity contribution is -0.139. The van der Waals surface area contributed by atoms with E-state index < -0.39 is 22.0 Å². The van der Waals surface area contributed by atoms with Crippen molar-refractivity contribution in [2.75, 3.05) is 23.7 Å². The molecule has 2 rings (SSSR count). The van der Waals surface area contributed by atoms with Crippen molar-refractivity contribution in [2.45, 2.75) is 53.1 Å². The first kappa shape index (κ1) is 26.4. The molecule has 0 radical (unpaired) electrons. The third kappa shape index (κ3) is 7.60. The maximum atomic E-state index is 13.5. The molecule has 2 amide bonds. The highest BCUT2D eigenvalue weighted by Gasteiger charge is 2.30. The Kier molecular flexibility index (Phi) is 9.46. The molecule has 7 nitrogen and oxygen atoms in total. The van der Waals surface area contributed by atoms with Crippen molar-refractivity contribution in [3.8, 4) is 0 Å². The van der Waals surface area contributed by atoms with Crippen LogP contribution in [0.1, 0.15) is 43.4 Å². The fourth-order valence-electron chi connectivity index (χ4n) is 3.58. The van der Waals surface area contributed by atoms with Crippen LogP contribution in [0.5, 0.6) is 0 Å². The molecule has 0 bridgehead atoms. The van der Waals surface area contributed by atoms with Gasteiger partial charge in [0.1, 0.15) is 12.6 Å². The smallest absolute Gasteiger partial charge is 0.244 e. The second kappa shape index (κ2) is 11.8. The third-order valence-electron chi connectivity index (χ3n) is 5.49. The number of carbonyl (C=O) groups is 2. The molecule has 33 heavy (non-hydrogen) atoms. The van der Waals surface area contributed by atoms with Crippen LogP contribution in [-0.2, 0) is 26.2 Å². The molecule has 1 N–H and O–H groups in total. The summed E-state index contributed by atoms with van der Waals surface area (Å²) < 4.78 is 26.4. The zero-order chi connectivity index (χ0) is 24.6. The standard InChI is InChI=1S/C25H35N3O4S/c1-6-7-15-26-25(30)21(4)27(17-22-11-9-8-10-12-22)24(29)18-28(33(5,31)32)23-14-13-19(2)16-20(23)3/h8-14,16,21H,6-7,15,17-18H2,1-5H3,(H,26,30). The van der Waals surface area contributed by atoms with E-state index in [1.165, 1.54) is 4.90 Å². The summed E-state index contributed by atoms with van der Waals surface area (Å²) in [5.74, 6) is -0.701. The van der Waals surface area contributed by atoms with Gasteiger partial charge in [-0.25, -0.2) is 8.42 Å². The lowest BCUT2D eigenvalue weighted by atomic mass is 10.1. The van der Waals surface area contributed by atoms with Crippen LogP contribution in [0.4, 0.5) is 5.69 Å². The first-order valence-corrected chi connectivity index (χ1v) is 13.1. The number of nitrogens with zero attached hydrogens (tertiary/aromatic N) is 2. The Hall–Kier alpha value is -2.87. The summed E-state index contributed by atoms with van der Waals surface area (Å²) in [6, 6.07) is 14.0. The molecule has 1 unspecified atom stereocenters. The maximum Gasteiger partial charge on any atom is 0.244 e. The van der Waals surface area contributed by atoms with Crippen molar-refractivity contribution < 1.29 is 18.0 Å². The molecule has 0 saturated heterocycles. The number of hydrogen-bond donors (Lipinski definition) is 1. The van der Waals surface area contributed by atoms with Crippen LogP contribution >= 0.6 is 0 Å². The molecule has 8 heteroatoms. The maximum absolute atomic E-state index is 13.5. The molecular weight excluding hydrogens is 438 g/mol. The summed E-state index contributed by atoms with van der Waals surface area (Å²) in [5, 5.41) is 2.87. The normalized spacial score (nSPS) is 12.2. The predicted molar refractivity (Wildman–Crippen MR) is 132 cm³/mol. The Labute approximate surface area is 197 Å². The molecule has 0 aliphatic rings. The van der Waals surface area contributed by atoms with Gasteiger partial charge in [-0.05, 0) is 44.4 Å². The molecule has 0 aliphatic carbocycles. The number of carbonyl (C=O) groups excluding carboxylic acids is 2. The second-order valence-electron chi connectivity index (χ2n) is 8.39. The topological polar surface area (TPSA) is 86.8 Å². The molecule has 0 aromatic heterocycles. The van der Waals surface area contributed by atoms with E-state index in [1.807, 2.05) is 63.2 Å². The van der Waals surface area contributed by atoms with Crippen LogP contribution in [0.25, 0.3) is 0 Å². The average Bonchev–Trinajstić information content (AvgIpc) is 2.75. The van der Waals surface area contributed by atoms with Gasteiger partial charge in [-0.3, -0.25) is 13.9 Å². The zero-order valence-corrected chi connectivity index (χ0v) is 21.0. The van der Waals surface area contributed by atoms with E-state index in [0.29, 0.717) is 12.2 Å².